The first kappa shape index (κ1) is 20.8. The van der Waals surface area contributed by atoms with Crippen molar-refractivity contribution in [3.8, 4) is 11.4 Å². The van der Waals surface area contributed by atoms with Crippen LogP contribution in [-0.4, -0.2) is 42.9 Å². The number of benzene rings is 2. The van der Waals surface area contributed by atoms with Crippen molar-refractivity contribution >= 4 is 11.8 Å². The van der Waals surface area contributed by atoms with E-state index in [-0.39, 0.29) is 5.82 Å². The smallest absolute Gasteiger partial charge is 0.237 e. The van der Waals surface area contributed by atoms with Gasteiger partial charge in [-0.15, -0.1) is 10.2 Å². The molecule has 5 rings (SSSR count). The number of hydrogen-bond donors (Lipinski definition) is 0. The summed E-state index contributed by atoms with van der Waals surface area (Å²) in [5, 5.41) is 13.8. The van der Waals surface area contributed by atoms with Crippen LogP contribution in [0.3, 0.4) is 0 Å². The van der Waals surface area contributed by atoms with E-state index in [0.717, 1.165) is 30.6 Å². The maximum atomic E-state index is 13.2. The van der Waals surface area contributed by atoms with Crippen LogP contribution in [0.4, 0.5) is 4.39 Å². The van der Waals surface area contributed by atoms with Crippen molar-refractivity contribution in [3.63, 3.8) is 0 Å². The molecule has 0 amide bonds. The summed E-state index contributed by atoms with van der Waals surface area (Å²) in [4.78, 5) is 6.87. The van der Waals surface area contributed by atoms with Gasteiger partial charge >= 0.3 is 0 Å². The Labute approximate surface area is 189 Å². The summed E-state index contributed by atoms with van der Waals surface area (Å²) in [7, 11) is 0. The Morgan fingerprint density at radius 2 is 1.72 bits per heavy atom. The van der Waals surface area contributed by atoms with Gasteiger partial charge in [0.15, 0.2) is 5.16 Å². The van der Waals surface area contributed by atoms with Gasteiger partial charge in [0.25, 0.3) is 0 Å². The Bertz CT molecular complexity index is 1150. The van der Waals surface area contributed by atoms with Crippen molar-refractivity contribution in [3.05, 3.63) is 77.7 Å². The zero-order valence-electron chi connectivity index (χ0n) is 17.5. The zero-order valence-corrected chi connectivity index (χ0v) is 18.3. The van der Waals surface area contributed by atoms with Gasteiger partial charge in [0.1, 0.15) is 11.6 Å². The second kappa shape index (κ2) is 9.62. The molecule has 1 fully saturated rings. The van der Waals surface area contributed by atoms with Gasteiger partial charge in [-0.3, -0.25) is 4.90 Å². The van der Waals surface area contributed by atoms with E-state index < -0.39 is 0 Å². The summed E-state index contributed by atoms with van der Waals surface area (Å²) in [6.45, 7) is 3.73. The summed E-state index contributed by atoms with van der Waals surface area (Å²) < 4.78 is 20.7. The highest BCUT2D eigenvalue weighted by molar-refractivity contribution is 7.98. The molecule has 7 nitrogen and oxygen atoms in total. The molecule has 4 aromatic rings. The second-order valence-electron chi connectivity index (χ2n) is 7.76. The minimum Gasteiger partial charge on any atom is -0.338 e. The van der Waals surface area contributed by atoms with Gasteiger partial charge in [-0.05, 0) is 55.8 Å². The van der Waals surface area contributed by atoms with Crippen LogP contribution in [0.2, 0.25) is 0 Å². The van der Waals surface area contributed by atoms with E-state index in [4.69, 9.17) is 4.52 Å². The number of likely N-dealkylation sites (tertiary alicyclic amines) is 1. The lowest BCUT2D eigenvalue weighted by Gasteiger charge is -2.15. The number of thioether (sulfide) groups is 1. The van der Waals surface area contributed by atoms with Crippen LogP contribution >= 0.6 is 11.8 Å². The van der Waals surface area contributed by atoms with Crippen molar-refractivity contribution < 1.29 is 8.91 Å². The monoisotopic (exact) mass is 450 g/mol. The predicted octanol–water partition coefficient (Wildman–Crippen LogP) is 4.40. The average molecular weight is 451 g/mol. The zero-order chi connectivity index (χ0) is 21.8. The molecule has 0 radical (unpaired) electrons. The fourth-order valence-corrected chi connectivity index (χ4v) is 4.56. The first-order valence-corrected chi connectivity index (χ1v) is 11.6. The molecule has 0 saturated carbocycles. The number of halogens is 1. The van der Waals surface area contributed by atoms with Gasteiger partial charge < -0.3 is 9.09 Å². The molecule has 2 aromatic heterocycles. The summed E-state index contributed by atoms with van der Waals surface area (Å²) in [5.74, 6) is 2.09. The standard InChI is InChI=1S/C23H23FN6OS/c24-19-10-8-18(9-11-19)22-25-21(31-28-22)16-32-23-27-26-20(15-29-12-4-5-13-29)30(23)14-17-6-2-1-3-7-17/h1-3,6-11H,4-5,12-16H2. The van der Waals surface area contributed by atoms with Crippen molar-refractivity contribution in [2.75, 3.05) is 13.1 Å². The number of rotatable bonds is 8. The third kappa shape index (κ3) is 4.89. The molecule has 164 valence electrons. The topological polar surface area (TPSA) is 72.9 Å². The molecule has 0 aliphatic carbocycles. The van der Waals surface area contributed by atoms with E-state index in [0.29, 0.717) is 29.6 Å². The third-order valence-corrected chi connectivity index (χ3v) is 6.39. The van der Waals surface area contributed by atoms with Crippen LogP contribution in [0.15, 0.2) is 64.3 Å². The maximum absolute atomic E-state index is 13.2. The molecule has 1 saturated heterocycles. The van der Waals surface area contributed by atoms with Gasteiger partial charge in [0.2, 0.25) is 11.7 Å². The highest BCUT2D eigenvalue weighted by Gasteiger charge is 2.19. The summed E-state index contributed by atoms with van der Waals surface area (Å²) >= 11 is 1.52. The Morgan fingerprint density at radius 3 is 2.50 bits per heavy atom. The largest absolute Gasteiger partial charge is 0.338 e. The van der Waals surface area contributed by atoms with Crippen LogP contribution in [0.25, 0.3) is 11.4 Å². The molecule has 3 heterocycles. The van der Waals surface area contributed by atoms with Crippen LogP contribution in [0.5, 0.6) is 0 Å². The SMILES string of the molecule is Fc1ccc(-c2noc(CSc3nnc(CN4CCCC4)n3Cc3ccccc3)n2)cc1. The molecule has 0 unspecified atom stereocenters. The van der Waals surface area contributed by atoms with Crippen LogP contribution in [0, 0.1) is 5.82 Å². The van der Waals surface area contributed by atoms with Gasteiger partial charge in [0, 0.05) is 5.56 Å². The lowest BCUT2D eigenvalue weighted by molar-refractivity contribution is 0.316. The molecule has 9 heteroatoms. The van der Waals surface area contributed by atoms with Crippen molar-refractivity contribution in [1.82, 2.24) is 29.8 Å². The molecule has 1 aliphatic rings. The van der Waals surface area contributed by atoms with Crippen molar-refractivity contribution in [2.45, 2.75) is 36.8 Å². The fraction of sp³-hybridized carbons (Fsp3) is 0.304. The highest BCUT2D eigenvalue weighted by Crippen LogP contribution is 2.25. The molecule has 1 aliphatic heterocycles. The fourth-order valence-electron chi connectivity index (χ4n) is 3.76. The minimum absolute atomic E-state index is 0.296. The maximum Gasteiger partial charge on any atom is 0.237 e. The molecular formula is C23H23FN6OS. The summed E-state index contributed by atoms with van der Waals surface area (Å²) in [5.41, 5.74) is 1.92. The quantitative estimate of drug-likeness (QED) is 0.368. The van der Waals surface area contributed by atoms with E-state index in [1.165, 1.54) is 42.3 Å². The Hall–Kier alpha value is -3.04. The van der Waals surface area contributed by atoms with Crippen molar-refractivity contribution in [1.29, 1.82) is 0 Å². The van der Waals surface area contributed by atoms with E-state index in [2.05, 4.69) is 41.9 Å². The molecule has 32 heavy (non-hydrogen) atoms. The van der Waals surface area contributed by atoms with Crippen molar-refractivity contribution in [2.24, 2.45) is 0 Å². The van der Waals surface area contributed by atoms with Gasteiger partial charge in [0.05, 0.1) is 18.8 Å². The van der Waals surface area contributed by atoms with E-state index >= 15 is 0 Å². The van der Waals surface area contributed by atoms with E-state index in [1.807, 2.05) is 18.2 Å². The van der Waals surface area contributed by atoms with Gasteiger partial charge in [-0.25, -0.2) is 4.39 Å². The summed E-state index contributed by atoms with van der Waals surface area (Å²) in [6, 6.07) is 16.4. The average Bonchev–Trinajstić information content (AvgIpc) is 3.57. The van der Waals surface area contributed by atoms with E-state index in [9.17, 15) is 4.39 Å². The van der Waals surface area contributed by atoms with Gasteiger partial charge in [-0.2, -0.15) is 4.98 Å². The molecule has 0 atom stereocenters. The lowest BCUT2D eigenvalue weighted by Crippen LogP contribution is -2.21. The number of aromatic nitrogens is 5. The molecular weight excluding hydrogens is 427 g/mol. The number of nitrogens with zero attached hydrogens (tertiary/aromatic N) is 6. The Balaban J connectivity index is 1.32. The number of hydrogen-bond acceptors (Lipinski definition) is 7. The van der Waals surface area contributed by atoms with Crippen LogP contribution in [-0.2, 0) is 18.8 Å². The summed E-state index contributed by atoms with van der Waals surface area (Å²) in [6.07, 6.45) is 2.48. The van der Waals surface area contributed by atoms with Crippen LogP contribution in [0.1, 0.15) is 30.1 Å². The molecule has 0 bridgehead atoms. The Morgan fingerprint density at radius 1 is 0.938 bits per heavy atom. The lowest BCUT2D eigenvalue weighted by atomic mass is 10.2. The normalized spacial score (nSPS) is 14.3. The minimum atomic E-state index is -0.296. The molecule has 0 spiro atoms. The van der Waals surface area contributed by atoms with Crippen LogP contribution < -0.4 is 0 Å². The second-order valence-corrected chi connectivity index (χ2v) is 8.70. The molecule has 2 aromatic carbocycles. The first-order chi connectivity index (χ1) is 15.7. The predicted molar refractivity (Wildman–Crippen MR) is 119 cm³/mol. The van der Waals surface area contributed by atoms with E-state index in [1.54, 1.807) is 12.1 Å². The van der Waals surface area contributed by atoms with Gasteiger partial charge in [-0.1, -0.05) is 47.3 Å². The Kier molecular flexibility index (Phi) is 6.27. The third-order valence-electron chi connectivity index (χ3n) is 5.44. The highest BCUT2D eigenvalue weighted by atomic mass is 32.2. The molecule has 0 N–H and O–H groups in total. The first-order valence-electron chi connectivity index (χ1n) is 10.6.